The molecule has 0 fully saturated rings. The third kappa shape index (κ3) is 2.73. The predicted octanol–water partition coefficient (Wildman–Crippen LogP) is 3.84. The van der Waals surface area contributed by atoms with E-state index in [1.807, 2.05) is 0 Å². The standard InChI is InChI=1S/C12H10ClF3N2/c13-9-4-3-8(10(17)6-12(14,15)16)11-7(9)2-1-5-18-11/h1-5,10H,6,17H2/t10-/m1/s1. The van der Waals surface area contributed by atoms with E-state index in [-0.39, 0.29) is 0 Å². The molecule has 1 heterocycles. The second kappa shape index (κ2) is 4.74. The number of nitrogens with two attached hydrogens (primary N) is 1. The Bertz CT molecular complexity index is 569. The highest BCUT2D eigenvalue weighted by atomic mass is 35.5. The fourth-order valence-corrected chi connectivity index (χ4v) is 2.03. The van der Waals surface area contributed by atoms with Crippen LogP contribution in [0, 0.1) is 0 Å². The average Bonchev–Trinajstić information content (AvgIpc) is 2.27. The maximum Gasteiger partial charge on any atom is 0.390 e. The molecule has 0 aliphatic heterocycles. The molecule has 0 aliphatic rings. The van der Waals surface area contributed by atoms with Gasteiger partial charge in [-0.15, -0.1) is 0 Å². The number of alkyl halides is 3. The van der Waals surface area contributed by atoms with Crippen molar-refractivity contribution in [2.75, 3.05) is 0 Å². The normalized spacial score (nSPS) is 13.8. The van der Waals surface area contributed by atoms with E-state index in [1.54, 1.807) is 12.1 Å². The van der Waals surface area contributed by atoms with Crippen LogP contribution in [0.2, 0.25) is 5.02 Å². The van der Waals surface area contributed by atoms with Crippen molar-refractivity contribution >= 4 is 22.5 Å². The number of nitrogens with zero attached hydrogens (tertiary/aromatic N) is 1. The molecule has 0 unspecified atom stereocenters. The summed E-state index contributed by atoms with van der Waals surface area (Å²) in [5.74, 6) is 0. The Morgan fingerprint density at radius 3 is 2.67 bits per heavy atom. The lowest BCUT2D eigenvalue weighted by atomic mass is 10.0. The average molecular weight is 275 g/mol. The third-order valence-electron chi connectivity index (χ3n) is 2.60. The van der Waals surface area contributed by atoms with Gasteiger partial charge in [-0.2, -0.15) is 13.2 Å². The SMILES string of the molecule is N[C@H](CC(F)(F)F)c1ccc(Cl)c2cccnc12. The molecule has 0 amide bonds. The zero-order valence-corrected chi connectivity index (χ0v) is 9.96. The minimum atomic E-state index is -4.31. The van der Waals surface area contributed by atoms with Crippen molar-refractivity contribution in [2.45, 2.75) is 18.6 Å². The van der Waals surface area contributed by atoms with Gasteiger partial charge in [-0.1, -0.05) is 17.7 Å². The first kappa shape index (κ1) is 13.1. The quantitative estimate of drug-likeness (QED) is 0.904. The summed E-state index contributed by atoms with van der Waals surface area (Å²) in [5.41, 5.74) is 6.37. The molecular weight excluding hydrogens is 265 g/mol. The van der Waals surface area contributed by atoms with Gasteiger partial charge < -0.3 is 5.73 Å². The summed E-state index contributed by atoms with van der Waals surface area (Å²) in [7, 11) is 0. The number of halogens is 4. The van der Waals surface area contributed by atoms with Crippen molar-refractivity contribution < 1.29 is 13.2 Å². The number of aromatic nitrogens is 1. The van der Waals surface area contributed by atoms with Crippen LogP contribution >= 0.6 is 11.6 Å². The van der Waals surface area contributed by atoms with E-state index in [0.29, 0.717) is 21.5 Å². The number of hydrogen-bond donors (Lipinski definition) is 1. The molecule has 0 saturated carbocycles. The topological polar surface area (TPSA) is 38.9 Å². The lowest BCUT2D eigenvalue weighted by Crippen LogP contribution is -2.20. The number of fused-ring (bicyclic) bond motifs is 1. The predicted molar refractivity (Wildman–Crippen MR) is 64.4 cm³/mol. The van der Waals surface area contributed by atoms with Crippen LogP contribution in [-0.2, 0) is 0 Å². The Labute approximate surface area is 107 Å². The van der Waals surface area contributed by atoms with Crippen molar-refractivity contribution in [3.63, 3.8) is 0 Å². The van der Waals surface area contributed by atoms with E-state index in [4.69, 9.17) is 17.3 Å². The Morgan fingerprint density at radius 1 is 1.28 bits per heavy atom. The zero-order chi connectivity index (χ0) is 13.3. The van der Waals surface area contributed by atoms with Gasteiger partial charge >= 0.3 is 6.18 Å². The van der Waals surface area contributed by atoms with E-state index in [1.165, 1.54) is 18.3 Å². The molecule has 0 radical (unpaired) electrons. The van der Waals surface area contributed by atoms with Crippen molar-refractivity contribution in [2.24, 2.45) is 5.73 Å². The molecule has 1 aromatic carbocycles. The van der Waals surface area contributed by atoms with E-state index in [0.717, 1.165) is 0 Å². The van der Waals surface area contributed by atoms with Crippen LogP contribution in [0.4, 0.5) is 13.2 Å². The third-order valence-corrected chi connectivity index (χ3v) is 2.93. The summed E-state index contributed by atoms with van der Waals surface area (Å²) in [6.07, 6.45) is -3.89. The number of pyridine rings is 1. The summed E-state index contributed by atoms with van der Waals surface area (Å²) >= 11 is 5.96. The summed E-state index contributed by atoms with van der Waals surface area (Å²) < 4.78 is 37.0. The second-order valence-electron chi connectivity index (χ2n) is 3.96. The van der Waals surface area contributed by atoms with Gasteiger partial charge in [0, 0.05) is 22.6 Å². The van der Waals surface area contributed by atoms with Gasteiger partial charge in [0.25, 0.3) is 0 Å². The van der Waals surface area contributed by atoms with Crippen molar-refractivity contribution in [1.82, 2.24) is 4.98 Å². The van der Waals surface area contributed by atoms with Gasteiger partial charge in [0.05, 0.1) is 11.9 Å². The lowest BCUT2D eigenvalue weighted by Gasteiger charge is -2.16. The summed E-state index contributed by atoms with van der Waals surface area (Å²) in [6.45, 7) is 0. The Kier molecular flexibility index (Phi) is 3.45. The van der Waals surface area contributed by atoms with Gasteiger partial charge in [0.1, 0.15) is 0 Å². The molecule has 6 heteroatoms. The molecule has 18 heavy (non-hydrogen) atoms. The van der Waals surface area contributed by atoms with E-state index in [2.05, 4.69) is 4.98 Å². The highest BCUT2D eigenvalue weighted by Crippen LogP contribution is 2.33. The van der Waals surface area contributed by atoms with Crippen LogP contribution in [0.1, 0.15) is 18.0 Å². The highest BCUT2D eigenvalue weighted by molar-refractivity contribution is 6.35. The van der Waals surface area contributed by atoms with Gasteiger partial charge in [-0.05, 0) is 23.8 Å². The largest absolute Gasteiger partial charge is 0.390 e. The molecule has 0 saturated heterocycles. The van der Waals surface area contributed by atoms with Crippen LogP contribution < -0.4 is 5.73 Å². The van der Waals surface area contributed by atoms with Crippen LogP contribution in [0.5, 0.6) is 0 Å². The Hall–Kier alpha value is -1.33. The van der Waals surface area contributed by atoms with Crippen molar-refractivity contribution in [1.29, 1.82) is 0 Å². The van der Waals surface area contributed by atoms with Gasteiger partial charge in [-0.25, -0.2) is 0 Å². The molecule has 2 nitrogen and oxygen atoms in total. The monoisotopic (exact) mass is 274 g/mol. The van der Waals surface area contributed by atoms with Gasteiger partial charge in [-0.3, -0.25) is 4.98 Å². The van der Waals surface area contributed by atoms with Gasteiger partial charge in [0.2, 0.25) is 0 Å². The lowest BCUT2D eigenvalue weighted by molar-refractivity contribution is -0.138. The summed E-state index contributed by atoms with van der Waals surface area (Å²) in [5, 5.41) is 1.05. The minimum Gasteiger partial charge on any atom is -0.324 e. The molecule has 96 valence electrons. The molecule has 0 spiro atoms. The van der Waals surface area contributed by atoms with Crippen LogP contribution in [0.15, 0.2) is 30.5 Å². The molecule has 0 bridgehead atoms. The zero-order valence-electron chi connectivity index (χ0n) is 9.21. The number of rotatable bonds is 2. The first-order chi connectivity index (χ1) is 8.38. The first-order valence-electron chi connectivity index (χ1n) is 5.24. The maximum absolute atomic E-state index is 12.3. The van der Waals surface area contributed by atoms with E-state index < -0.39 is 18.6 Å². The Morgan fingerprint density at radius 2 is 2.00 bits per heavy atom. The molecule has 1 atom stereocenters. The molecule has 0 aliphatic carbocycles. The molecular formula is C12H10ClF3N2. The summed E-state index contributed by atoms with van der Waals surface area (Å²) in [6, 6.07) is 5.27. The second-order valence-corrected chi connectivity index (χ2v) is 4.37. The van der Waals surface area contributed by atoms with Crippen LogP contribution in [0.25, 0.3) is 10.9 Å². The fraction of sp³-hybridized carbons (Fsp3) is 0.250. The Balaban J connectivity index is 2.49. The first-order valence-corrected chi connectivity index (χ1v) is 5.62. The number of benzene rings is 1. The fourth-order valence-electron chi connectivity index (χ4n) is 1.82. The number of hydrogen-bond acceptors (Lipinski definition) is 2. The van der Waals surface area contributed by atoms with Crippen molar-refractivity contribution in [3.8, 4) is 0 Å². The van der Waals surface area contributed by atoms with Crippen LogP contribution in [-0.4, -0.2) is 11.2 Å². The highest BCUT2D eigenvalue weighted by Gasteiger charge is 2.31. The smallest absolute Gasteiger partial charge is 0.324 e. The van der Waals surface area contributed by atoms with Crippen LogP contribution in [0.3, 0.4) is 0 Å². The van der Waals surface area contributed by atoms with E-state index >= 15 is 0 Å². The van der Waals surface area contributed by atoms with Gasteiger partial charge in [0.15, 0.2) is 0 Å². The molecule has 1 aromatic heterocycles. The minimum absolute atomic E-state index is 0.354. The summed E-state index contributed by atoms with van der Waals surface area (Å²) in [4.78, 5) is 4.06. The van der Waals surface area contributed by atoms with E-state index in [9.17, 15) is 13.2 Å². The molecule has 2 aromatic rings. The molecule has 2 rings (SSSR count). The molecule has 2 N–H and O–H groups in total. The maximum atomic E-state index is 12.3. The van der Waals surface area contributed by atoms with Crippen molar-refractivity contribution in [3.05, 3.63) is 41.0 Å².